The second kappa shape index (κ2) is 6.66. The van der Waals surface area contributed by atoms with Crippen LogP contribution in [-0.2, 0) is 4.79 Å². The molecule has 0 aliphatic heterocycles. The van der Waals surface area contributed by atoms with E-state index in [1.54, 1.807) is 0 Å². The Morgan fingerprint density at radius 2 is 1.94 bits per heavy atom. The molecule has 18 heavy (non-hydrogen) atoms. The first-order valence-electron chi connectivity index (χ1n) is 6.41. The van der Waals surface area contributed by atoms with Crippen LogP contribution in [-0.4, -0.2) is 35.9 Å². The molecule has 2 rings (SSSR count). The fourth-order valence-corrected chi connectivity index (χ4v) is 2.65. The summed E-state index contributed by atoms with van der Waals surface area (Å²) in [5.74, 6) is 0.0663. The van der Waals surface area contributed by atoms with Crippen LogP contribution >= 0.6 is 12.4 Å². The lowest BCUT2D eigenvalue weighted by Crippen LogP contribution is -2.39. The zero-order valence-electron chi connectivity index (χ0n) is 10.4. The Balaban J connectivity index is 0.00000162. The third-order valence-corrected chi connectivity index (χ3v) is 3.80. The quantitative estimate of drug-likeness (QED) is 0.840. The highest BCUT2D eigenvalue weighted by Crippen LogP contribution is 2.31. The largest absolute Gasteiger partial charge is 0.334 e. The molecule has 0 heterocycles. The van der Waals surface area contributed by atoms with Gasteiger partial charge in [0.2, 0.25) is 5.91 Å². The molecule has 0 aromatic heterocycles. The maximum absolute atomic E-state index is 12.4. The summed E-state index contributed by atoms with van der Waals surface area (Å²) in [5.41, 5.74) is 5.90. The van der Waals surface area contributed by atoms with E-state index >= 15 is 0 Å². The van der Waals surface area contributed by atoms with Crippen molar-refractivity contribution in [2.45, 2.75) is 57.0 Å². The van der Waals surface area contributed by atoms with E-state index in [1.165, 1.54) is 4.90 Å². The van der Waals surface area contributed by atoms with Crippen LogP contribution in [0.3, 0.4) is 0 Å². The third kappa shape index (κ3) is 4.05. The number of hydrogen-bond donors (Lipinski definition) is 1. The van der Waals surface area contributed by atoms with E-state index in [-0.39, 0.29) is 36.3 Å². The Hall–Kier alpha value is -0.420. The van der Waals surface area contributed by atoms with Gasteiger partial charge in [0.15, 0.2) is 0 Å². The summed E-state index contributed by atoms with van der Waals surface area (Å²) in [6.45, 7) is -0.411. The van der Waals surface area contributed by atoms with E-state index in [2.05, 4.69) is 0 Å². The first kappa shape index (κ1) is 15.6. The highest BCUT2D eigenvalue weighted by molar-refractivity contribution is 5.85. The monoisotopic (exact) mass is 282 g/mol. The number of hydrogen-bond acceptors (Lipinski definition) is 2. The number of rotatable bonds is 5. The van der Waals surface area contributed by atoms with Crippen molar-refractivity contribution < 1.29 is 13.6 Å². The van der Waals surface area contributed by atoms with Gasteiger partial charge in [-0.25, -0.2) is 8.78 Å². The molecule has 0 aromatic rings. The van der Waals surface area contributed by atoms with Gasteiger partial charge in [-0.1, -0.05) is 6.42 Å². The number of nitrogens with zero attached hydrogens (tertiary/aromatic N) is 1. The van der Waals surface area contributed by atoms with Crippen molar-refractivity contribution in [2.75, 3.05) is 6.54 Å². The van der Waals surface area contributed by atoms with Gasteiger partial charge in [0.05, 0.1) is 6.54 Å². The van der Waals surface area contributed by atoms with E-state index in [0.717, 1.165) is 32.1 Å². The first-order chi connectivity index (χ1) is 8.08. The molecule has 0 spiro atoms. The maximum Gasteiger partial charge on any atom is 0.255 e. The van der Waals surface area contributed by atoms with Gasteiger partial charge in [-0.2, -0.15) is 0 Å². The average Bonchev–Trinajstić information content (AvgIpc) is 3.01. The van der Waals surface area contributed by atoms with Crippen LogP contribution < -0.4 is 5.73 Å². The zero-order chi connectivity index (χ0) is 12.4. The minimum absolute atomic E-state index is 0. The van der Waals surface area contributed by atoms with Gasteiger partial charge < -0.3 is 10.6 Å². The molecule has 106 valence electrons. The van der Waals surface area contributed by atoms with Crippen molar-refractivity contribution in [1.82, 2.24) is 4.90 Å². The Bertz CT molecular complexity index is 287. The highest BCUT2D eigenvalue weighted by atomic mass is 35.5. The molecule has 0 radical (unpaired) electrons. The molecule has 2 aliphatic carbocycles. The van der Waals surface area contributed by atoms with Crippen LogP contribution in [0.5, 0.6) is 0 Å². The summed E-state index contributed by atoms with van der Waals surface area (Å²) in [5, 5.41) is 0. The molecule has 2 aliphatic rings. The molecular weight excluding hydrogens is 262 g/mol. The fraction of sp³-hybridized carbons (Fsp3) is 0.917. The standard InChI is InChI=1S/C12H20F2N2O.ClH/c13-11(14)7-16(9-4-5-9)12(17)6-8-2-1-3-10(8)15;/h8-11H,1-7,15H2;1H/t8-,10+;/m0./s1. The van der Waals surface area contributed by atoms with E-state index in [4.69, 9.17) is 5.73 Å². The predicted molar refractivity (Wildman–Crippen MR) is 67.9 cm³/mol. The van der Waals surface area contributed by atoms with Crippen molar-refractivity contribution in [1.29, 1.82) is 0 Å². The van der Waals surface area contributed by atoms with Crippen molar-refractivity contribution >= 4 is 18.3 Å². The summed E-state index contributed by atoms with van der Waals surface area (Å²) < 4.78 is 24.8. The van der Waals surface area contributed by atoms with Crippen molar-refractivity contribution in [3.8, 4) is 0 Å². The third-order valence-electron chi connectivity index (χ3n) is 3.80. The molecule has 2 saturated carbocycles. The highest BCUT2D eigenvalue weighted by Gasteiger charge is 2.36. The lowest BCUT2D eigenvalue weighted by Gasteiger charge is -2.24. The van der Waals surface area contributed by atoms with Crippen molar-refractivity contribution in [3.63, 3.8) is 0 Å². The SMILES string of the molecule is Cl.N[C@@H]1CCC[C@H]1CC(=O)N(CC(F)F)C1CC1. The molecule has 0 aromatic carbocycles. The van der Waals surface area contributed by atoms with E-state index < -0.39 is 13.0 Å². The van der Waals surface area contributed by atoms with E-state index in [1.807, 2.05) is 0 Å². The minimum atomic E-state index is -2.43. The minimum Gasteiger partial charge on any atom is -0.334 e. The lowest BCUT2D eigenvalue weighted by atomic mass is 9.99. The number of amides is 1. The smallest absolute Gasteiger partial charge is 0.255 e. The van der Waals surface area contributed by atoms with Crippen molar-refractivity contribution in [2.24, 2.45) is 11.7 Å². The lowest BCUT2D eigenvalue weighted by molar-refractivity contribution is -0.134. The van der Waals surface area contributed by atoms with Gasteiger partial charge >= 0.3 is 0 Å². The summed E-state index contributed by atoms with van der Waals surface area (Å²) in [7, 11) is 0. The molecule has 6 heteroatoms. The number of carbonyl (C=O) groups excluding carboxylic acids is 1. The van der Waals surface area contributed by atoms with Gasteiger partial charge in [0, 0.05) is 18.5 Å². The van der Waals surface area contributed by atoms with Crippen LogP contribution in [0.1, 0.15) is 38.5 Å². The van der Waals surface area contributed by atoms with Gasteiger partial charge in [-0.15, -0.1) is 12.4 Å². The predicted octanol–water partition coefficient (Wildman–Crippen LogP) is 2.18. The topological polar surface area (TPSA) is 46.3 Å². The Labute approximate surface area is 112 Å². The average molecular weight is 283 g/mol. The number of alkyl halides is 2. The normalized spacial score (nSPS) is 27.1. The van der Waals surface area contributed by atoms with Gasteiger partial charge in [0.25, 0.3) is 6.43 Å². The van der Waals surface area contributed by atoms with Crippen LogP contribution in [0.4, 0.5) is 8.78 Å². The Kier molecular flexibility index (Phi) is 5.79. The van der Waals surface area contributed by atoms with Crippen LogP contribution in [0.15, 0.2) is 0 Å². The van der Waals surface area contributed by atoms with Crippen LogP contribution in [0.2, 0.25) is 0 Å². The molecule has 1 amide bonds. The second-order valence-electron chi connectivity index (χ2n) is 5.23. The zero-order valence-corrected chi connectivity index (χ0v) is 11.2. The molecule has 0 bridgehead atoms. The molecule has 0 unspecified atom stereocenters. The molecule has 0 saturated heterocycles. The summed E-state index contributed by atoms with van der Waals surface area (Å²) >= 11 is 0. The first-order valence-corrected chi connectivity index (χ1v) is 6.41. The molecule has 2 atom stereocenters. The number of halogens is 3. The molecule has 3 nitrogen and oxygen atoms in total. The van der Waals surface area contributed by atoms with Crippen molar-refractivity contribution in [3.05, 3.63) is 0 Å². The number of carbonyl (C=O) groups is 1. The number of nitrogens with two attached hydrogens (primary N) is 1. The van der Waals surface area contributed by atoms with Crippen LogP contribution in [0, 0.1) is 5.92 Å². The summed E-state index contributed by atoms with van der Waals surface area (Å²) in [6.07, 6.45) is 2.62. The second-order valence-corrected chi connectivity index (χ2v) is 5.23. The van der Waals surface area contributed by atoms with E-state index in [0.29, 0.717) is 6.42 Å². The summed E-state index contributed by atoms with van der Waals surface area (Å²) in [6, 6.07) is 0.140. The molecule has 2 fully saturated rings. The van der Waals surface area contributed by atoms with Crippen LogP contribution in [0.25, 0.3) is 0 Å². The molecular formula is C12H21ClF2N2O. The van der Waals surface area contributed by atoms with Gasteiger partial charge in [-0.3, -0.25) is 4.79 Å². The fourth-order valence-electron chi connectivity index (χ4n) is 2.65. The summed E-state index contributed by atoms with van der Waals surface area (Å²) in [4.78, 5) is 13.4. The van der Waals surface area contributed by atoms with Gasteiger partial charge in [-0.05, 0) is 31.6 Å². The Morgan fingerprint density at radius 3 is 2.39 bits per heavy atom. The Morgan fingerprint density at radius 1 is 1.28 bits per heavy atom. The maximum atomic E-state index is 12.4. The van der Waals surface area contributed by atoms with Gasteiger partial charge in [0.1, 0.15) is 0 Å². The van der Waals surface area contributed by atoms with E-state index in [9.17, 15) is 13.6 Å². The molecule has 2 N–H and O–H groups in total.